The van der Waals surface area contributed by atoms with Crippen LogP contribution in [-0.4, -0.2) is 5.91 Å². The molecule has 0 bridgehead atoms. The number of amides is 1. The third-order valence-electron chi connectivity index (χ3n) is 2.98. The van der Waals surface area contributed by atoms with Gasteiger partial charge in [-0.1, -0.05) is 30.3 Å². The van der Waals surface area contributed by atoms with Crippen molar-refractivity contribution in [3.8, 4) is 11.1 Å². The first-order valence-corrected chi connectivity index (χ1v) is 6.65. The van der Waals surface area contributed by atoms with Gasteiger partial charge < -0.3 is 11.5 Å². The van der Waals surface area contributed by atoms with E-state index in [1.165, 1.54) is 11.3 Å². The van der Waals surface area contributed by atoms with Gasteiger partial charge in [-0.15, -0.1) is 11.3 Å². The summed E-state index contributed by atoms with van der Waals surface area (Å²) < 4.78 is 1.06. The van der Waals surface area contributed by atoms with Crippen molar-refractivity contribution in [3.05, 3.63) is 53.4 Å². The zero-order valence-electron chi connectivity index (χ0n) is 10.1. The second-order valence-corrected chi connectivity index (χ2v) is 5.38. The summed E-state index contributed by atoms with van der Waals surface area (Å²) >= 11 is 1.42. The van der Waals surface area contributed by atoms with E-state index in [0.29, 0.717) is 4.88 Å². The van der Waals surface area contributed by atoms with Crippen LogP contribution in [0.4, 0.5) is 5.69 Å². The maximum Gasteiger partial charge on any atom is 0.258 e. The number of primary amides is 1. The molecule has 0 unspecified atom stereocenters. The van der Waals surface area contributed by atoms with Crippen molar-refractivity contribution in [2.75, 3.05) is 5.73 Å². The maximum absolute atomic E-state index is 11.3. The molecular weight excluding hydrogens is 256 g/mol. The highest BCUT2D eigenvalue weighted by Crippen LogP contribution is 2.35. The molecule has 3 nitrogen and oxygen atoms in total. The minimum atomic E-state index is -0.389. The van der Waals surface area contributed by atoms with Crippen molar-refractivity contribution < 1.29 is 4.79 Å². The largest absolute Gasteiger partial charge is 0.399 e. The molecule has 1 heterocycles. The van der Waals surface area contributed by atoms with Crippen LogP contribution in [0.15, 0.2) is 48.5 Å². The Kier molecular flexibility index (Phi) is 2.72. The fraction of sp³-hybridized carbons (Fsp3) is 0. The monoisotopic (exact) mass is 268 g/mol. The lowest BCUT2D eigenvalue weighted by atomic mass is 10.0. The molecule has 0 atom stereocenters. The number of benzene rings is 2. The van der Waals surface area contributed by atoms with Crippen LogP contribution in [0, 0.1) is 0 Å². The number of nitrogen functional groups attached to an aromatic ring is 1. The number of hydrogen-bond acceptors (Lipinski definition) is 3. The summed E-state index contributed by atoms with van der Waals surface area (Å²) in [6.45, 7) is 0. The highest BCUT2D eigenvalue weighted by Gasteiger charge is 2.10. The smallest absolute Gasteiger partial charge is 0.258 e. The van der Waals surface area contributed by atoms with E-state index in [0.717, 1.165) is 26.9 Å². The number of nitrogens with two attached hydrogens (primary N) is 2. The number of carbonyl (C=O) groups excluding carboxylic acids is 1. The van der Waals surface area contributed by atoms with Crippen LogP contribution >= 0.6 is 11.3 Å². The second-order valence-electron chi connectivity index (χ2n) is 4.32. The maximum atomic E-state index is 11.3. The Morgan fingerprint density at radius 3 is 2.58 bits per heavy atom. The van der Waals surface area contributed by atoms with Gasteiger partial charge in [-0.05, 0) is 34.7 Å². The zero-order chi connectivity index (χ0) is 13.4. The molecule has 0 aliphatic heterocycles. The predicted octanol–water partition coefficient (Wildman–Crippen LogP) is 3.25. The number of rotatable bonds is 2. The average Bonchev–Trinajstić information content (AvgIpc) is 2.82. The number of anilines is 1. The van der Waals surface area contributed by atoms with E-state index in [9.17, 15) is 4.79 Å². The Balaban J connectivity index is 2.26. The Hall–Kier alpha value is -2.33. The molecule has 0 radical (unpaired) electrons. The first-order valence-electron chi connectivity index (χ1n) is 5.83. The van der Waals surface area contributed by atoms with Crippen molar-refractivity contribution in [1.82, 2.24) is 0 Å². The Morgan fingerprint density at radius 1 is 1.05 bits per heavy atom. The summed E-state index contributed by atoms with van der Waals surface area (Å²) in [5.74, 6) is -0.389. The lowest BCUT2D eigenvalue weighted by Gasteiger charge is -2.04. The number of fused-ring (bicyclic) bond motifs is 1. The third-order valence-corrected chi connectivity index (χ3v) is 4.18. The lowest BCUT2D eigenvalue weighted by Crippen LogP contribution is -2.07. The summed E-state index contributed by atoms with van der Waals surface area (Å²) in [6, 6.07) is 15.5. The minimum Gasteiger partial charge on any atom is -0.399 e. The molecule has 19 heavy (non-hydrogen) atoms. The molecule has 0 spiro atoms. The predicted molar refractivity (Wildman–Crippen MR) is 80.2 cm³/mol. The zero-order valence-corrected chi connectivity index (χ0v) is 10.9. The molecule has 2 aromatic carbocycles. The van der Waals surface area contributed by atoms with Crippen molar-refractivity contribution in [2.45, 2.75) is 0 Å². The molecule has 0 fully saturated rings. The number of carbonyl (C=O) groups is 1. The van der Waals surface area contributed by atoms with Crippen molar-refractivity contribution in [3.63, 3.8) is 0 Å². The van der Waals surface area contributed by atoms with Gasteiger partial charge in [0.15, 0.2) is 0 Å². The quantitative estimate of drug-likeness (QED) is 0.700. The van der Waals surface area contributed by atoms with E-state index < -0.39 is 0 Å². The van der Waals surface area contributed by atoms with E-state index in [-0.39, 0.29) is 5.91 Å². The fourth-order valence-corrected chi connectivity index (χ4v) is 3.17. The summed E-state index contributed by atoms with van der Waals surface area (Å²) in [5, 5.41) is 1.03. The van der Waals surface area contributed by atoms with Crippen LogP contribution < -0.4 is 11.5 Å². The third kappa shape index (κ3) is 2.06. The van der Waals surface area contributed by atoms with Gasteiger partial charge >= 0.3 is 0 Å². The Labute approximate surface area is 114 Å². The SMILES string of the molecule is NC(=O)c1cc2cccc(-c3cccc(N)c3)c2s1. The van der Waals surface area contributed by atoms with Gasteiger partial charge in [0.2, 0.25) is 0 Å². The van der Waals surface area contributed by atoms with E-state index in [4.69, 9.17) is 11.5 Å². The van der Waals surface area contributed by atoms with Gasteiger partial charge in [-0.3, -0.25) is 4.79 Å². The van der Waals surface area contributed by atoms with Gasteiger partial charge in [0.25, 0.3) is 5.91 Å². The number of thiophene rings is 1. The van der Waals surface area contributed by atoms with E-state index in [1.807, 2.05) is 48.5 Å². The molecule has 3 aromatic rings. The van der Waals surface area contributed by atoms with E-state index in [2.05, 4.69) is 0 Å². The molecule has 4 heteroatoms. The first-order chi connectivity index (χ1) is 9.15. The van der Waals surface area contributed by atoms with Crippen molar-refractivity contribution in [1.29, 1.82) is 0 Å². The van der Waals surface area contributed by atoms with Crippen molar-refractivity contribution in [2.24, 2.45) is 5.73 Å². The summed E-state index contributed by atoms with van der Waals surface area (Å²) in [4.78, 5) is 11.9. The molecule has 0 aliphatic rings. The Morgan fingerprint density at radius 2 is 1.84 bits per heavy atom. The summed E-state index contributed by atoms with van der Waals surface area (Å²) in [6.07, 6.45) is 0. The normalized spacial score (nSPS) is 10.7. The van der Waals surface area contributed by atoms with Gasteiger partial charge in [0.1, 0.15) is 0 Å². The summed E-state index contributed by atoms with van der Waals surface area (Å²) in [5.41, 5.74) is 14.0. The molecule has 0 saturated carbocycles. The van der Waals surface area contributed by atoms with Crippen LogP contribution in [0.25, 0.3) is 21.2 Å². The molecule has 4 N–H and O–H groups in total. The minimum absolute atomic E-state index is 0.389. The molecular formula is C15H12N2OS. The van der Waals surface area contributed by atoms with Crippen LogP contribution in [0.1, 0.15) is 9.67 Å². The molecule has 1 amide bonds. The molecule has 1 aromatic heterocycles. The van der Waals surface area contributed by atoms with Gasteiger partial charge in [-0.2, -0.15) is 0 Å². The average molecular weight is 268 g/mol. The lowest BCUT2D eigenvalue weighted by molar-refractivity contribution is 0.100. The summed E-state index contributed by atoms with van der Waals surface area (Å²) in [7, 11) is 0. The molecule has 94 valence electrons. The highest BCUT2D eigenvalue weighted by atomic mass is 32.1. The molecule has 0 saturated heterocycles. The highest BCUT2D eigenvalue weighted by molar-refractivity contribution is 7.21. The van der Waals surface area contributed by atoms with Crippen molar-refractivity contribution >= 4 is 33.0 Å². The van der Waals surface area contributed by atoms with Gasteiger partial charge in [-0.25, -0.2) is 0 Å². The Bertz CT molecular complexity index is 777. The van der Waals surface area contributed by atoms with Crippen LogP contribution in [0.5, 0.6) is 0 Å². The van der Waals surface area contributed by atoms with E-state index in [1.54, 1.807) is 0 Å². The van der Waals surface area contributed by atoms with Gasteiger partial charge in [0, 0.05) is 10.4 Å². The van der Waals surface area contributed by atoms with Crippen LogP contribution in [0.3, 0.4) is 0 Å². The second kappa shape index (κ2) is 4.40. The van der Waals surface area contributed by atoms with E-state index >= 15 is 0 Å². The number of hydrogen-bond donors (Lipinski definition) is 2. The molecule has 0 aliphatic carbocycles. The molecule has 3 rings (SSSR count). The topological polar surface area (TPSA) is 69.1 Å². The first kappa shape index (κ1) is 11.7. The van der Waals surface area contributed by atoms with Gasteiger partial charge in [0.05, 0.1) is 4.88 Å². The fourth-order valence-electron chi connectivity index (χ4n) is 2.12. The van der Waals surface area contributed by atoms with Crippen LogP contribution in [0.2, 0.25) is 0 Å². The standard InChI is InChI=1S/C15H12N2OS/c16-11-5-1-3-9(7-11)12-6-2-4-10-8-13(15(17)18)19-14(10)12/h1-8H,16H2,(H2,17,18). The van der Waals surface area contributed by atoms with Crippen LogP contribution in [-0.2, 0) is 0 Å².